The zero-order valence-electron chi connectivity index (χ0n) is 20.6. The van der Waals surface area contributed by atoms with Crippen molar-refractivity contribution in [1.82, 2.24) is 5.32 Å². The van der Waals surface area contributed by atoms with Crippen LogP contribution in [-0.4, -0.2) is 13.1 Å². The van der Waals surface area contributed by atoms with E-state index >= 15 is 0 Å². The first-order valence-corrected chi connectivity index (χ1v) is 12.4. The minimum atomic E-state index is 0.490. The molecule has 1 nitrogen and oxygen atoms in total. The average molecular weight is 382 g/mol. The van der Waals surface area contributed by atoms with Crippen LogP contribution in [0.2, 0.25) is 0 Å². The van der Waals surface area contributed by atoms with Crippen molar-refractivity contribution < 1.29 is 0 Å². The van der Waals surface area contributed by atoms with Crippen molar-refractivity contribution in [3.05, 3.63) is 0 Å². The van der Waals surface area contributed by atoms with Gasteiger partial charge in [-0.2, -0.15) is 0 Å². The Morgan fingerprint density at radius 3 is 1.93 bits per heavy atom. The summed E-state index contributed by atoms with van der Waals surface area (Å²) in [5.74, 6) is 1.76. The molecule has 0 aliphatic rings. The fraction of sp³-hybridized carbons (Fsp3) is 1.00. The second kappa shape index (κ2) is 14.9. The van der Waals surface area contributed by atoms with Crippen molar-refractivity contribution in [3.8, 4) is 0 Å². The van der Waals surface area contributed by atoms with E-state index in [2.05, 4.69) is 60.7 Å². The first kappa shape index (κ1) is 27.0. The standard InChI is InChI=1S/C26H55N/c1-9-12-16-26(8,22-24(11-3)21-23(4)5)17-14-13-15-25(6,7)18-20-27-19-10-2/h23-24,27H,9-22H2,1-8H3/t24-,26?/m1/s1. The van der Waals surface area contributed by atoms with Crippen LogP contribution in [0.15, 0.2) is 0 Å². The molecule has 0 aromatic carbocycles. The van der Waals surface area contributed by atoms with Crippen LogP contribution in [0.25, 0.3) is 0 Å². The molecule has 0 aliphatic carbocycles. The highest BCUT2D eigenvalue weighted by atomic mass is 14.8. The molecule has 0 heterocycles. The van der Waals surface area contributed by atoms with E-state index in [1.54, 1.807) is 0 Å². The summed E-state index contributed by atoms with van der Waals surface area (Å²) >= 11 is 0. The van der Waals surface area contributed by atoms with Gasteiger partial charge in [-0.15, -0.1) is 0 Å². The Morgan fingerprint density at radius 2 is 1.37 bits per heavy atom. The summed E-state index contributed by atoms with van der Waals surface area (Å²) in [6, 6.07) is 0. The molecular formula is C26H55N. The van der Waals surface area contributed by atoms with Crippen molar-refractivity contribution in [2.24, 2.45) is 22.7 Å². The third kappa shape index (κ3) is 14.6. The highest BCUT2D eigenvalue weighted by Crippen LogP contribution is 2.40. The van der Waals surface area contributed by atoms with Gasteiger partial charge in [0.05, 0.1) is 0 Å². The topological polar surface area (TPSA) is 12.0 Å². The normalized spacial score (nSPS) is 15.9. The monoisotopic (exact) mass is 381 g/mol. The Balaban J connectivity index is 4.42. The van der Waals surface area contributed by atoms with Crippen molar-refractivity contribution in [2.45, 2.75) is 132 Å². The van der Waals surface area contributed by atoms with Crippen LogP contribution < -0.4 is 5.32 Å². The zero-order chi connectivity index (χ0) is 20.8. The molecule has 0 rings (SSSR count). The zero-order valence-corrected chi connectivity index (χ0v) is 20.6. The molecule has 0 amide bonds. The van der Waals surface area contributed by atoms with Crippen LogP contribution in [-0.2, 0) is 0 Å². The smallest absolute Gasteiger partial charge is 0.00438 e. The third-order valence-corrected chi connectivity index (χ3v) is 6.59. The van der Waals surface area contributed by atoms with Gasteiger partial charge in [0.1, 0.15) is 0 Å². The van der Waals surface area contributed by atoms with Crippen molar-refractivity contribution in [1.29, 1.82) is 0 Å². The molecule has 0 saturated carbocycles. The maximum absolute atomic E-state index is 3.57. The lowest BCUT2D eigenvalue weighted by atomic mass is 9.71. The van der Waals surface area contributed by atoms with Crippen molar-refractivity contribution in [2.75, 3.05) is 13.1 Å². The van der Waals surface area contributed by atoms with E-state index in [1.807, 2.05) is 0 Å². The van der Waals surface area contributed by atoms with Gasteiger partial charge in [0, 0.05) is 0 Å². The first-order valence-electron chi connectivity index (χ1n) is 12.4. The lowest BCUT2D eigenvalue weighted by Crippen LogP contribution is -2.24. The van der Waals surface area contributed by atoms with Gasteiger partial charge in [-0.3, -0.25) is 0 Å². The molecular weight excluding hydrogens is 326 g/mol. The summed E-state index contributed by atoms with van der Waals surface area (Å²) in [6.07, 6.45) is 16.6. The van der Waals surface area contributed by atoms with Crippen LogP contribution in [0.3, 0.4) is 0 Å². The molecule has 0 saturated heterocycles. The predicted molar refractivity (Wildman–Crippen MR) is 126 cm³/mol. The Morgan fingerprint density at radius 1 is 0.741 bits per heavy atom. The Kier molecular flexibility index (Phi) is 14.9. The van der Waals surface area contributed by atoms with Crippen LogP contribution in [0.5, 0.6) is 0 Å². The number of rotatable bonds is 18. The summed E-state index contributed by atoms with van der Waals surface area (Å²) in [5.41, 5.74) is 1.06. The second-order valence-corrected chi connectivity index (χ2v) is 10.9. The van der Waals surface area contributed by atoms with Crippen LogP contribution >= 0.6 is 0 Å². The molecule has 27 heavy (non-hydrogen) atoms. The van der Waals surface area contributed by atoms with Gasteiger partial charge in [-0.05, 0) is 80.7 Å². The molecule has 0 aromatic rings. The van der Waals surface area contributed by atoms with Crippen LogP contribution in [0.1, 0.15) is 132 Å². The highest BCUT2D eigenvalue weighted by molar-refractivity contribution is 4.79. The lowest BCUT2D eigenvalue weighted by Gasteiger charge is -2.35. The number of nitrogens with one attached hydrogen (secondary N) is 1. The molecule has 2 atom stereocenters. The van der Waals surface area contributed by atoms with Gasteiger partial charge in [-0.1, -0.05) is 87.5 Å². The average Bonchev–Trinajstić information content (AvgIpc) is 2.60. The minimum Gasteiger partial charge on any atom is -0.317 e. The molecule has 0 spiro atoms. The summed E-state index contributed by atoms with van der Waals surface area (Å²) in [6.45, 7) is 21.7. The molecule has 0 bridgehead atoms. The quantitative estimate of drug-likeness (QED) is 0.234. The molecule has 0 aliphatic heterocycles. The largest absolute Gasteiger partial charge is 0.317 e. The van der Waals surface area contributed by atoms with Crippen LogP contribution in [0.4, 0.5) is 0 Å². The summed E-state index contributed by atoms with van der Waals surface area (Å²) in [4.78, 5) is 0. The summed E-state index contributed by atoms with van der Waals surface area (Å²) in [5, 5.41) is 3.57. The van der Waals surface area contributed by atoms with Gasteiger partial charge in [-0.25, -0.2) is 0 Å². The fourth-order valence-electron chi connectivity index (χ4n) is 4.70. The molecule has 164 valence electrons. The molecule has 1 N–H and O–H groups in total. The Labute approximate surface area is 173 Å². The highest BCUT2D eigenvalue weighted by Gasteiger charge is 2.27. The maximum Gasteiger partial charge on any atom is -0.00438 e. The first-order chi connectivity index (χ1) is 12.7. The van der Waals surface area contributed by atoms with E-state index < -0.39 is 0 Å². The van der Waals surface area contributed by atoms with E-state index in [-0.39, 0.29) is 0 Å². The van der Waals surface area contributed by atoms with Crippen molar-refractivity contribution in [3.63, 3.8) is 0 Å². The van der Waals surface area contributed by atoms with E-state index in [9.17, 15) is 0 Å². The minimum absolute atomic E-state index is 0.490. The SMILES string of the molecule is CCCCC(C)(CCCCC(C)(C)CCNCCC)C[C@H](CC)CC(C)C. The molecule has 0 fully saturated rings. The molecule has 0 aromatic heterocycles. The molecule has 1 heteroatoms. The Bertz CT molecular complexity index is 333. The van der Waals surface area contributed by atoms with E-state index in [4.69, 9.17) is 0 Å². The number of hydrogen-bond acceptors (Lipinski definition) is 1. The number of unbranched alkanes of at least 4 members (excludes halogenated alkanes) is 2. The second-order valence-electron chi connectivity index (χ2n) is 10.9. The lowest BCUT2D eigenvalue weighted by molar-refractivity contribution is 0.171. The van der Waals surface area contributed by atoms with Gasteiger partial charge in [0.2, 0.25) is 0 Å². The Hall–Kier alpha value is -0.0400. The van der Waals surface area contributed by atoms with Gasteiger partial charge in [0.15, 0.2) is 0 Å². The maximum atomic E-state index is 3.57. The predicted octanol–water partition coefficient (Wildman–Crippen LogP) is 8.62. The summed E-state index contributed by atoms with van der Waals surface area (Å²) < 4.78 is 0. The van der Waals surface area contributed by atoms with Gasteiger partial charge in [0.25, 0.3) is 0 Å². The van der Waals surface area contributed by atoms with Crippen LogP contribution in [0, 0.1) is 22.7 Å². The van der Waals surface area contributed by atoms with Crippen molar-refractivity contribution >= 4 is 0 Å². The van der Waals surface area contributed by atoms with E-state index in [0.29, 0.717) is 10.8 Å². The van der Waals surface area contributed by atoms with E-state index in [1.165, 1.54) is 90.1 Å². The number of hydrogen-bond donors (Lipinski definition) is 1. The summed E-state index contributed by atoms with van der Waals surface area (Å²) in [7, 11) is 0. The molecule has 0 radical (unpaired) electrons. The fourth-order valence-corrected chi connectivity index (χ4v) is 4.70. The van der Waals surface area contributed by atoms with Gasteiger partial charge < -0.3 is 5.32 Å². The molecule has 1 unspecified atom stereocenters. The van der Waals surface area contributed by atoms with Gasteiger partial charge >= 0.3 is 0 Å². The third-order valence-electron chi connectivity index (χ3n) is 6.59. The van der Waals surface area contributed by atoms with E-state index in [0.717, 1.165) is 11.8 Å².